The van der Waals surface area contributed by atoms with Gasteiger partial charge in [0.25, 0.3) is 0 Å². The lowest BCUT2D eigenvalue weighted by molar-refractivity contribution is 0.212. The van der Waals surface area contributed by atoms with Crippen LogP contribution in [0.3, 0.4) is 0 Å². The first-order valence-electron chi connectivity index (χ1n) is 17.9. The number of hydrogen-bond donors (Lipinski definition) is 0. The summed E-state index contributed by atoms with van der Waals surface area (Å²) in [6.45, 7) is 18.7. The Morgan fingerprint density at radius 1 is 0.780 bits per heavy atom. The van der Waals surface area contributed by atoms with Crippen molar-refractivity contribution in [2.45, 2.75) is 152 Å². The summed E-state index contributed by atoms with van der Waals surface area (Å²) in [6, 6.07) is 0. The molecule has 0 aromatic heterocycles. The van der Waals surface area contributed by atoms with E-state index in [-0.39, 0.29) is 0 Å². The van der Waals surface area contributed by atoms with E-state index in [4.69, 9.17) is 0 Å². The van der Waals surface area contributed by atoms with Crippen molar-refractivity contribution in [2.24, 2.45) is 47.3 Å². The van der Waals surface area contributed by atoms with Crippen LogP contribution < -0.4 is 0 Å². The molecule has 0 aromatic carbocycles. The second-order valence-electron chi connectivity index (χ2n) is 13.6. The first kappa shape index (κ1) is 37.5. The highest BCUT2D eigenvalue weighted by atomic mass is 14.3. The zero-order valence-corrected chi connectivity index (χ0v) is 28.8. The van der Waals surface area contributed by atoms with E-state index in [0.29, 0.717) is 11.8 Å². The molecular weight excluding hydrogens is 492 g/mol. The third-order valence-corrected chi connectivity index (χ3v) is 10.2. The van der Waals surface area contributed by atoms with Crippen LogP contribution in [0.4, 0.5) is 0 Å². The van der Waals surface area contributed by atoms with Crippen LogP contribution in [0.25, 0.3) is 0 Å². The maximum atomic E-state index is 3.65. The Balaban J connectivity index is 2.52. The van der Waals surface area contributed by atoms with Crippen LogP contribution in [0.2, 0.25) is 0 Å². The van der Waals surface area contributed by atoms with Gasteiger partial charge in [0.15, 0.2) is 0 Å². The lowest BCUT2D eigenvalue weighted by atomic mass is 9.75. The minimum atomic E-state index is 0.649. The summed E-state index contributed by atoms with van der Waals surface area (Å²) in [6.07, 6.45) is 38.2. The molecule has 1 aliphatic rings. The molecular formula is C41H70. The summed E-state index contributed by atoms with van der Waals surface area (Å²) in [5.74, 6) is 13.3. The zero-order valence-electron chi connectivity index (χ0n) is 28.8. The molecule has 0 amide bonds. The van der Waals surface area contributed by atoms with Crippen molar-refractivity contribution in [1.82, 2.24) is 0 Å². The quantitative estimate of drug-likeness (QED) is 0.0786. The molecule has 1 rings (SSSR count). The fraction of sp³-hybridized carbons (Fsp3) is 0.756. The van der Waals surface area contributed by atoms with E-state index < -0.39 is 0 Å². The Hall–Kier alpha value is -1.48. The van der Waals surface area contributed by atoms with Crippen molar-refractivity contribution < 1.29 is 0 Å². The van der Waals surface area contributed by atoms with Crippen LogP contribution in [0.1, 0.15) is 152 Å². The van der Waals surface area contributed by atoms with E-state index in [9.17, 15) is 0 Å². The summed E-state index contributed by atoms with van der Waals surface area (Å²) in [5.41, 5.74) is 0. The average Bonchev–Trinajstić information content (AvgIpc) is 2.97. The van der Waals surface area contributed by atoms with Crippen LogP contribution in [0.5, 0.6) is 0 Å². The summed E-state index contributed by atoms with van der Waals surface area (Å²) < 4.78 is 0. The molecule has 0 bridgehead atoms. The molecule has 0 nitrogen and oxygen atoms in total. The highest BCUT2D eigenvalue weighted by molar-refractivity contribution is 5.06. The summed E-state index contributed by atoms with van der Waals surface area (Å²) in [4.78, 5) is 0. The average molecular weight is 563 g/mol. The lowest BCUT2D eigenvalue weighted by Crippen LogP contribution is -2.21. The maximum absolute atomic E-state index is 3.65. The van der Waals surface area contributed by atoms with Gasteiger partial charge >= 0.3 is 0 Å². The second-order valence-corrected chi connectivity index (χ2v) is 13.6. The Morgan fingerprint density at radius 3 is 2.17 bits per heavy atom. The van der Waals surface area contributed by atoms with Gasteiger partial charge in [0, 0.05) is 12.8 Å². The second kappa shape index (κ2) is 24.0. The van der Waals surface area contributed by atoms with Crippen molar-refractivity contribution >= 4 is 0 Å². The Labute approximate surface area is 259 Å². The molecule has 0 radical (unpaired) electrons. The van der Waals surface area contributed by atoms with Crippen LogP contribution >= 0.6 is 0 Å². The van der Waals surface area contributed by atoms with E-state index in [1.54, 1.807) is 0 Å². The standard InChI is InChI=1S/C41H70/c1-9-14-24-39(23-11-3)31-34(6)36(8)35(7)32-40-27-18-20-29-41(30-21-19-28-40)33-38(13-5)26-17-15-16-25-37(12-4)22-10-2/h9-11,14,20,22-23,29,34-41H,12-13,15-18,24-28,30-33H2,1-8H3. The van der Waals surface area contributed by atoms with Gasteiger partial charge in [-0.15, -0.1) is 11.8 Å². The van der Waals surface area contributed by atoms with Gasteiger partial charge in [-0.05, 0) is 119 Å². The molecule has 0 spiro atoms. The fourth-order valence-electron chi connectivity index (χ4n) is 7.05. The van der Waals surface area contributed by atoms with Crippen molar-refractivity contribution in [3.05, 3.63) is 48.6 Å². The Bertz CT molecular complexity index is 798. The zero-order chi connectivity index (χ0) is 30.3. The van der Waals surface area contributed by atoms with Gasteiger partial charge in [0.05, 0.1) is 0 Å². The molecule has 234 valence electrons. The molecule has 0 saturated heterocycles. The molecule has 0 N–H and O–H groups in total. The molecule has 0 heteroatoms. The van der Waals surface area contributed by atoms with E-state index in [0.717, 1.165) is 48.3 Å². The van der Waals surface area contributed by atoms with Crippen LogP contribution in [-0.4, -0.2) is 0 Å². The lowest BCUT2D eigenvalue weighted by Gasteiger charge is -2.30. The smallest absolute Gasteiger partial charge is 0.0152 e. The molecule has 8 unspecified atom stereocenters. The van der Waals surface area contributed by atoms with E-state index in [2.05, 4.69) is 116 Å². The van der Waals surface area contributed by atoms with Crippen molar-refractivity contribution in [3.63, 3.8) is 0 Å². The van der Waals surface area contributed by atoms with Gasteiger partial charge in [-0.1, -0.05) is 115 Å². The Kier molecular flexibility index (Phi) is 22.0. The van der Waals surface area contributed by atoms with Crippen molar-refractivity contribution in [3.8, 4) is 11.8 Å². The van der Waals surface area contributed by atoms with Gasteiger partial charge in [0.2, 0.25) is 0 Å². The molecule has 8 atom stereocenters. The van der Waals surface area contributed by atoms with Gasteiger partial charge in [-0.25, -0.2) is 0 Å². The third-order valence-electron chi connectivity index (χ3n) is 10.2. The van der Waals surface area contributed by atoms with Crippen molar-refractivity contribution in [1.29, 1.82) is 0 Å². The van der Waals surface area contributed by atoms with Gasteiger partial charge < -0.3 is 0 Å². The predicted molar refractivity (Wildman–Crippen MR) is 187 cm³/mol. The number of hydrogen-bond acceptors (Lipinski definition) is 0. The van der Waals surface area contributed by atoms with E-state index in [1.165, 1.54) is 83.5 Å². The van der Waals surface area contributed by atoms with Gasteiger partial charge in [-0.2, -0.15) is 0 Å². The molecule has 0 aliphatic heterocycles. The first-order valence-corrected chi connectivity index (χ1v) is 17.9. The van der Waals surface area contributed by atoms with Gasteiger partial charge in [0.1, 0.15) is 0 Å². The topological polar surface area (TPSA) is 0 Å². The van der Waals surface area contributed by atoms with Crippen LogP contribution in [0, 0.1) is 59.2 Å². The predicted octanol–water partition coefficient (Wildman–Crippen LogP) is 13.2. The van der Waals surface area contributed by atoms with E-state index >= 15 is 0 Å². The maximum Gasteiger partial charge on any atom is 0.0152 e. The summed E-state index contributed by atoms with van der Waals surface area (Å²) in [7, 11) is 0. The number of allylic oxidation sites excluding steroid dienone is 8. The molecule has 1 aliphatic carbocycles. The van der Waals surface area contributed by atoms with Crippen LogP contribution in [-0.2, 0) is 0 Å². The molecule has 0 fully saturated rings. The third kappa shape index (κ3) is 17.3. The molecule has 0 aromatic rings. The minimum absolute atomic E-state index is 0.649. The summed E-state index contributed by atoms with van der Waals surface area (Å²) >= 11 is 0. The molecule has 0 heterocycles. The monoisotopic (exact) mass is 563 g/mol. The van der Waals surface area contributed by atoms with E-state index in [1.807, 2.05) is 0 Å². The highest BCUT2D eigenvalue weighted by Gasteiger charge is 2.24. The van der Waals surface area contributed by atoms with Crippen LogP contribution in [0.15, 0.2) is 48.6 Å². The summed E-state index contributed by atoms with van der Waals surface area (Å²) in [5, 5.41) is 0. The normalized spacial score (nSPS) is 22.8. The minimum Gasteiger partial charge on any atom is -0.103 e. The molecule has 0 saturated carbocycles. The largest absolute Gasteiger partial charge is 0.103 e. The van der Waals surface area contributed by atoms with Gasteiger partial charge in [-0.3, -0.25) is 0 Å². The SMILES string of the molecule is CC=CCC(C=CC)CC(C)C(C)C(C)CC1CC#CCC(CC(CC)CCCCCC(C=CC)CC)C=CCC1. The number of rotatable bonds is 20. The molecule has 41 heavy (non-hydrogen) atoms. The van der Waals surface area contributed by atoms with Crippen molar-refractivity contribution in [2.75, 3.05) is 0 Å². The fourth-order valence-corrected chi connectivity index (χ4v) is 7.05. The first-order chi connectivity index (χ1) is 19.9. The Morgan fingerprint density at radius 2 is 1.49 bits per heavy atom. The highest BCUT2D eigenvalue weighted by Crippen LogP contribution is 2.34. The number of unbranched alkanes of at least 4 members (excludes halogenated alkanes) is 2.